The summed E-state index contributed by atoms with van der Waals surface area (Å²) in [5, 5.41) is 0. The number of benzene rings is 1. The maximum atomic E-state index is 14.5. The first-order valence-electron chi connectivity index (χ1n) is 13.5. The summed E-state index contributed by atoms with van der Waals surface area (Å²) in [5.74, 6) is 1.40. The molecule has 0 saturated heterocycles. The molecule has 0 heterocycles. The Morgan fingerprint density at radius 2 is 2.03 bits per heavy atom. The van der Waals surface area contributed by atoms with Crippen molar-refractivity contribution in [1.29, 1.82) is 0 Å². The van der Waals surface area contributed by atoms with Gasteiger partial charge in [0.25, 0.3) is 0 Å². The van der Waals surface area contributed by atoms with Gasteiger partial charge in [-0.3, -0.25) is 0 Å². The summed E-state index contributed by atoms with van der Waals surface area (Å²) in [6.07, 6.45) is 13.0. The first kappa shape index (κ1) is 28.1. The number of rotatable bonds is 11. The third kappa shape index (κ3) is 6.06. The van der Waals surface area contributed by atoms with Crippen LogP contribution >= 0.6 is 0 Å². The van der Waals surface area contributed by atoms with E-state index >= 15 is 0 Å². The molecule has 0 N–H and O–H groups in total. The minimum atomic E-state index is -0.163. The molecule has 0 aromatic heterocycles. The van der Waals surface area contributed by atoms with Gasteiger partial charge in [0.15, 0.2) is 5.70 Å². The van der Waals surface area contributed by atoms with Gasteiger partial charge in [0.1, 0.15) is 19.1 Å². The molecule has 0 aliphatic heterocycles. The molecule has 2 aliphatic rings. The van der Waals surface area contributed by atoms with E-state index in [-0.39, 0.29) is 11.7 Å². The normalized spacial score (nSPS) is 22.3. The van der Waals surface area contributed by atoms with Gasteiger partial charge in [-0.2, -0.15) is 0 Å². The summed E-state index contributed by atoms with van der Waals surface area (Å²) < 4.78 is 22.3. The smallest absolute Gasteiger partial charge is 0.185 e. The number of hydrogen-bond acceptors (Lipinski definition) is 1. The van der Waals surface area contributed by atoms with Crippen LogP contribution in [0.15, 0.2) is 71.5 Å². The molecule has 3 heteroatoms. The molecule has 0 amide bonds. The zero-order chi connectivity index (χ0) is 26.4. The Morgan fingerprint density at radius 1 is 1.28 bits per heavy atom. The molecule has 36 heavy (non-hydrogen) atoms. The quantitative estimate of drug-likeness (QED) is 0.173. The van der Waals surface area contributed by atoms with Crippen LogP contribution < -0.4 is 0 Å². The number of unbranched alkanes of at least 4 members (excludes halogenated alkanes) is 1. The van der Waals surface area contributed by atoms with Crippen LogP contribution in [0, 0.1) is 36.4 Å². The maximum absolute atomic E-state index is 14.5. The first-order chi connectivity index (χ1) is 17.2. The van der Waals surface area contributed by atoms with Gasteiger partial charge >= 0.3 is 0 Å². The molecule has 0 bridgehead atoms. The molecule has 3 rings (SSSR count). The van der Waals surface area contributed by atoms with Gasteiger partial charge in [0.05, 0.1) is 0 Å². The molecule has 1 aromatic rings. The number of fused-ring (bicyclic) bond motifs is 1. The van der Waals surface area contributed by atoms with Gasteiger partial charge in [-0.25, -0.2) is 8.97 Å². The Labute approximate surface area is 218 Å². The van der Waals surface area contributed by atoms with E-state index in [1.54, 1.807) is 13.2 Å². The van der Waals surface area contributed by atoms with Gasteiger partial charge in [-0.05, 0) is 66.0 Å². The van der Waals surface area contributed by atoms with E-state index < -0.39 is 0 Å². The zero-order valence-corrected chi connectivity index (χ0v) is 23.2. The number of halogens is 1. The van der Waals surface area contributed by atoms with Crippen LogP contribution in [0.5, 0.6) is 0 Å². The Morgan fingerprint density at radius 3 is 2.67 bits per heavy atom. The van der Waals surface area contributed by atoms with E-state index in [4.69, 9.17) is 4.74 Å². The molecule has 2 nitrogen and oxygen atoms in total. The lowest BCUT2D eigenvalue weighted by molar-refractivity contribution is -0.480. The lowest BCUT2D eigenvalue weighted by Gasteiger charge is -2.41. The van der Waals surface area contributed by atoms with Gasteiger partial charge in [-0.1, -0.05) is 76.6 Å². The van der Waals surface area contributed by atoms with Crippen molar-refractivity contribution in [2.75, 3.05) is 20.3 Å². The SMILES string of the molecule is C=CC(=CCCC)C1CC([N+](=C)CC(C)C)=C2C=C(c3cccc(F)c3C)C=C(CCOC)C2C1C. The van der Waals surface area contributed by atoms with Crippen LogP contribution in [-0.4, -0.2) is 31.6 Å². The number of nitrogens with zero attached hydrogens (tertiary/aromatic N) is 1. The average Bonchev–Trinajstić information content (AvgIpc) is 2.84. The summed E-state index contributed by atoms with van der Waals surface area (Å²) in [6.45, 7) is 21.2. The highest BCUT2D eigenvalue weighted by Gasteiger charge is 2.42. The van der Waals surface area contributed by atoms with E-state index in [0.29, 0.717) is 29.9 Å². The number of hydrogen-bond donors (Lipinski definition) is 0. The van der Waals surface area contributed by atoms with Gasteiger partial charge in [0.2, 0.25) is 0 Å². The highest BCUT2D eigenvalue weighted by Crippen LogP contribution is 2.50. The second kappa shape index (κ2) is 12.6. The average molecular weight is 491 g/mol. The number of ether oxygens (including phenoxy) is 1. The number of methoxy groups -OCH3 is 1. The van der Waals surface area contributed by atoms with E-state index in [1.807, 2.05) is 19.1 Å². The van der Waals surface area contributed by atoms with Crippen molar-refractivity contribution in [1.82, 2.24) is 0 Å². The molecule has 0 spiro atoms. The zero-order valence-electron chi connectivity index (χ0n) is 23.2. The van der Waals surface area contributed by atoms with Gasteiger partial charge < -0.3 is 4.74 Å². The van der Waals surface area contributed by atoms with Crippen LogP contribution in [-0.2, 0) is 4.74 Å². The van der Waals surface area contributed by atoms with Crippen LogP contribution in [0.1, 0.15) is 64.5 Å². The molecular formula is C33H45FNO+. The minimum Gasteiger partial charge on any atom is -0.384 e. The predicted octanol–water partition coefficient (Wildman–Crippen LogP) is 8.30. The largest absolute Gasteiger partial charge is 0.384 e. The van der Waals surface area contributed by atoms with Crippen molar-refractivity contribution < 1.29 is 13.7 Å². The van der Waals surface area contributed by atoms with Crippen molar-refractivity contribution >= 4 is 12.3 Å². The Kier molecular flexibility index (Phi) is 9.84. The van der Waals surface area contributed by atoms with Gasteiger partial charge in [0, 0.05) is 37.5 Å². The number of allylic oxidation sites excluding steroid dienone is 8. The van der Waals surface area contributed by atoms with Crippen LogP contribution in [0.3, 0.4) is 0 Å². The summed E-state index contributed by atoms with van der Waals surface area (Å²) in [5.41, 5.74) is 8.07. The Balaban J connectivity index is 2.24. The molecule has 3 unspecified atom stereocenters. The molecule has 2 aliphatic carbocycles. The third-order valence-corrected chi connectivity index (χ3v) is 7.77. The first-order valence-corrected chi connectivity index (χ1v) is 13.5. The van der Waals surface area contributed by atoms with Crippen molar-refractivity contribution in [3.05, 3.63) is 88.4 Å². The molecule has 3 atom stereocenters. The topological polar surface area (TPSA) is 12.2 Å². The van der Waals surface area contributed by atoms with E-state index in [9.17, 15) is 4.39 Å². The lowest BCUT2D eigenvalue weighted by atomic mass is 9.63. The maximum Gasteiger partial charge on any atom is 0.185 e. The Bertz CT molecular complexity index is 1100. The highest BCUT2D eigenvalue weighted by atomic mass is 19.1. The monoisotopic (exact) mass is 490 g/mol. The van der Waals surface area contributed by atoms with E-state index in [2.05, 4.69) is 69.9 Å². The fourth-order valence-corrected chi connectivity index (χ4v) is 5.92. The molecule has 1 aromatic carbocycles. The second-order valence-corrected chi connectivity index (χ2v) is 10.8. The summed E-state index contributed by atoms with van der Waals surface area (Å²) in [6, 6.07) is 5.38. The summed E-state index contributed by atoms with van der Waals surface area (Å²) in [7, 11) is 1.76. The van der Waals surface area contributed by atoms with Crippen molar-refractivity contribution in [2.24, 2.45) is 23.7 Å². The van der Waals surface area contributed by atoms with Crippen molar-refractivity contribution in [3.63, 3.8) is 0 Å². The second-order valence-electron chi connectivity index (χ2n) is 10.8. The Hall–Kier alpha value is -2.52. The van der Waals surface area contributed by atoms with E-state index in [1.165, 1.54) is 22.4 Å². The van der Waals surface area contributed by atoms with Crippen LogP contribution in [0.4, 0.5) is 4.39 Å². The third-order valence-electron chi connectivity index (χ3n) is 7.77. The van der Waals surface area contributed by atoms with Crippen LogP contribution in [0.25, 0.3) is 5.57 Å². The van der Waals surface area contributed by atoms with Gasteiger partial charge in [-0.15, -0.1) is 0 Å². The fraction of sp³-hybridized carbons (Fsp3) is 0.485. The summed E-state index contributed by atoms with van der Waals surface area (Å²) in [4.78, 5) is 0. The molecule has 0 fully saturated rings. The fourth-order valence-electron chi connectivity index (χ4n) is 5.92. The molecule has 0 saturated carbocycles. The molecular weight excluding hydrogens is 445 g/mol. The van der Waals surface area contributed by atoms with E-state index in [0.717, 1.165) is 43.4 Å². The predicted molar refractivity (Wildman–Crippen MR) is 152 cm³/mol. The van der Waals surface area contributed by atoms with Crippen molar-refractivity contribution in [3.8, 4) is 0 Å². The standard InChI is InChI=1S/C33H45FNO/c1-9-11-13-25(10-2)29-20-32(35(7)21-22(3)4)30-19-27(28-14-12-15-31(34)23(28)5)18-26(16-17-36-8)33(30)24(29)6/h10,12-15,18-19,22,24,29,33H,2,7,9,11,16-17,20-21H2,1,3-6,8H3/q+1. The lowest BCUT2D eigenvalue weighted by Crippen LogP contribution is -2.35. The summed E-state index contributed by atoms with van der Waals surface area (Å²) >= 11 is 0. The molecule has 194 valence electrons. The van der Waals surface area contributed by atoms with Crippen molar-refractivity contribution in [2.45, 2.75) is 60.3 Å². The highest BCUT2D eigenvalue weighted by molar-refractivity contribution is 5.81. The molecule has 0 radical (unpaired) electrons. The minimum absolute atomic E-state index is 0.163. The van der Waals surface area contributed by atoms with Crippen LogP contribution in [0.2, 0.25) is 0 Å².